The number of rotatable bonds is 4. The van der Waals surface area contributed by atoms with Gasteiger partial charge < -0.3 is 10.6 Å². The molecule has 1 rings (SSSR count). The fraction of sp³-hybridized carbons (Fsp3) is 0.385. The maximum absolute atomic E-state index is 12.0. The lowest BCUT2D eigenvalue weighted by molar-refractivity contribution is -0.131. The summed E-state index contributed by atoms with van der Waals surface area (Å²) in [5.74, 6) is -0.229. The Kier molecular flexibility index (Phi) is 4.53. The molecule has 0 saturated carbocycles. The molecule has 90 valence electrons. The van der Waals surface area contributed by atoms with Crippen LogP contribution in [0.4, 0.5) is 5.69 Å². The van der Waals surface area contributed by atoms with Gasteiger partial charge in [0.05, 0.1) is 18.4 Å². The average molecular weight is 231 g/mol. The van der Waals surface area contributed by atoms with Crippen molar-refractivity contribution in [1.29, 1.82) is 5.26 Å². The van der Waals surface area contributed by atoms with Gasteiger partial charge in [0.25, 0.3) is 0 Å². The SMILES string of the molecule is CC(C(=O)N(C)CCC#N)c1cccc(N)c1. The van der Waals surface area contributed by atoms with Gasteiger partial charge in [0.1, 0.15) is 0 Å². The van der Waals surface area contributed by atoms with E-state index in [1.807, 2.05) is 25.1 Å². The molecule has 0 fully saturated rings. The van der Waals surface area contributed by atoms with Crippen LogP contribution in [-0.4, -0.2) is 24.4 Å². The molecule has 1 unspecified atom stereocenters. The van der Waals surface area contributed by atoms with Crippen molar-refractivity contribution in [3.05, 3.63) is 29.8 Å². The van der Waals surface area contributed by atoms with Crippen LogP contribution >= 0.6 is 0 Å². The summed E-state index contributed by atoms with van der Waals surface area (Å²) in [6.07, 6.45) is 0.353. The highest BCUT2D eigenvalue weighted by molar-refractivity contribution is 5.83. The van der Waals surface area contributed by atoms with Crippen LogP contribution in [0.5, 0.6) is 0 Å². The number of hydrogen-bond acceptors (Lipinski definition) is 3. The van der Waals surface area contributed by atoms with Crippen LogP contribution in [0.3, 0.4) is 0 Å². The highest BCUT2D eigenvalue weighted by atomic mass is 16.2. The lowest BCUT2D eigenvalue weighted by Gasteiger charge is -2.20. The van der Waals surface area contributed by atoms with E-state index in [2.05, 4.69) is 0 Å². The molecule has 0 radical (unpaired) electrons. The van der Waals surface area contributed by atoms with Crippen molar-refractivity contribution in [3.63, 3.8) is 0 Å². The molecule has 0 aliphatic carbocycles. The molecule has 0 heterocycles. The summed E-state index contributed by atoms with van der Waals surface area (Å²) >= 11 is 0. The maximum Gasteiger partial charge on any atom is 0.229 e. The zero-order chi connectivity index (χ0) is 12.8. The van der Waals surface area contributed by atoms with Crippen LogP contribution in [-0.2, 0) is 4.79 Å². The van der Waals surface area contributed by atoms with Crippen molar-refractivity contribution < 1.29 is 4.79 Å². The van der Waals surface area contributed by atoms with Gasteiger partial charge in [-0.3, -0.25) is 4.79 Å². The fourth-order valence-electron chi connectivity index (χ4n) is 1.63. The predicted molar refractivity (Wildman–Crippen MR) is 67.1 cm³/mol. The monoisotopic (exact) mass is 231 g/mol. The summed E-state index contributed by atoms with van der Waals surface area (Å²) in [6, 6.07) is 9.35. The molecule has 0 aliphatic rings. The smallest absolute Gasteiger partial charge is 0.229 e. The highest BCUT2D eigenvalue weighted by Crippen LogP contribution is 2.19. The first-order chi connectivity index (χ1) is 8.06. The fourth-order valence-corrected chi connectivity index (χ4v) is 1.63. The molecule has 1 aromatic rings. The van der Waals surface area contributed by atoms with E-state index in [0.717, 1.165) is 5.56 Å². The number of nitrogen functional groups attached to an aromatic ring is 1. The summed E-state index contributed by atoms with van der Waals surface area (Å²) in [7, 11) is 1.71. The lowest BCUT2D eigenvalue weighted by Crippen LogP contribution is -2.31. The summed E-state index contributed by atoms with van der Waals surface area (Å²) in [5, 5.41) is 8.48. The Morgan fingerprint density at radius 3 is 2.88 bits per heavy atom. The number of amides is 1. The number of nitrogens with zero attached hydrogens (tertiary/aromatic N) is 2. The lowest BCUT2D eigenvalue weighted by atomic mass is 9.99. The van der Waals surface area contributed by atoms with Gasteiger partial charge in [-0.25, -0.2) is 0 Å². The molecular weight excluding hydrogens is 214 g/mol. The first-order valence-corrected chi connectivity index (χ1v) is 5.53. The Morgan fingerprint density at radius 1 is 1.59 bits per heavy atom. The molecular formula is C13H17N3O. The van der Waals surface area contributed by atoms with Crippen molar-refractivity contribution in [1.82, 2.24) is 4.90 Å². The third-order valence-electron chi connectivity index (χ3n) is 2.72. The summed E-state index contributed by atoms with van der Waals surface area (Å²) in [5.41, 5.74) is 7.24. The van der Waals surface area contributed by atoms with E-state index < -0.39 is 0 Å². The zero-order valence-electron chi connectivity index (χ0n) is 10.2. The second-order valence-electron chi connectivity index (χ2n) is 4.06. The van der Waals surface area contributed by atoms with Crippen LogP contribution in [0, 0.1) is 11.3 Å². The Balaban J connectivity index is 2.73. The standard InChI is InChI=1S/C13H17N3O/c1-10(11-5-3-6-12(15)9-11)13(17)16(2)8-4-7-14/h3,5-6,9-10H,4,8,15H2,1-2H3. The quantitative estimate of drug-likeness (QED) is 0.802. The minimum absolute atomic E-state index is 0.00542. The number of carbonyl (C=O) groups excluding carboxylic acids is 1. The molecule has 2 N–H and O–H groups in total. The van der Waals surface area contributed by atoms with Gasteiger partial charge in [-0.05, 0) is 24.6 Å². The van der Waals surface area contributed by atoms with Gasteiger partial charge in [-0.15, -0.1) is 0 Å². The molecule has 4 heteroatoms. The number of nitriles is 1. The third kappa shape index (κ3) is 3.49. The van der Waals surface area contributed by atoms with Crippen LogP contribution < -0.4 is 5.73 Å². The molecule has 1 amide bonds. The molecule has 0 bridgehead atoms. The van der Waals surface area contributed by atoms with E-state index in [0.29, 0.717) is 18.7 Å². The van der Waals surface area contributed by atoms with Gasteiger partial charge in [-0.1, -0.05) is 12.1 Å². The Bertz CT molecular complexity index is 437. The van der Waals surface area contributed by atoms with Crippen molar-refractivity contribution in [2.45, 2.75) is 19.3 Å². The Morgan fingerprint density at radius 2 is 2.29 bits per heavy atom. The third-order valence-corrected chi connectivity index (χ3v) is 2.72. The average Bonchev–Trinajstić information content (AvgIpc) is 2.34. The predicted octanol–water partition coefficient (Wildman–Crippen LogP) is 1.74. The second-order valence-corrected chi connectivity index (χ2v) is 4.06. The number of anilines is 1. The van der Waals surface area contributed by atoms with Gasteiger partial charge in [0.15, 0.2) is 0 Å². The van der Waals surface area contributed by atoms with Crippen LogP contribution in [0.15, 0.2) is 24.3 Å². The van der Waals surface area contributed by atoms with E-state index >= 15 is 0 Å². The molecule has 17 heavy (non-hydrogen) atoms. The molecule has 0 aromatic heterocycles. The number of likely N-dealkylation sites (N-methyl/N-ethyl adjacent to an activating group) is 1. The van der Waals surface area contributed by atoms with Gasteiger partial charge in [-0.2, -0.15) is 5.26 Å². The number of nitrogens with two attached hydrogens (primary N) is 1. The molecule has 0 aliphatic heterocycles. The van der Waals surface area contributed by atoms with Crippen molar-refractivity contribution in [2.24, 2.45) is 0 Å². The Hall–Kier alpha value is -2.02. The molecule has 0 saturated heterocycles. The van der Waals surface area contributed by atoms with E-state index in [-0.39, 0.29) is 11.8 Å². The van der Waals surface area contributed by atoms with E-state index in [1.165, 1.54) is 0 Å². The van der Waals surface area contributed by atoms with Gasteiger partial charge in [0.2, 0.25) is 5.91 Å². The molecule has 4 nitrogen and oxygen atoms in total. The van der Waals surface area contributed by atoms with E-state index in [4.69, 9.17) is 11.0 Å². The van der Waals surface area contributed by atoms with Crippen LogP contribution in [0.1, 0.15) is 24.8 Å². The number of carbonyl (C=O) groups is 1. The highest BCUT2D eigenvalue weighted by Gasteiger charge is 2.18. The number of benzene rings is 1. The minimum atomic E-state index is -0.234. The summed E-state index contributed by atoms with van der Waals surface area (Å²) < 4.78 is 0. The van der Waals surface area contributed by atoms with Gasteiger partial charge in [0, 0.05) is 19.3 Å². The Labute approximate surface area is 102 Å². The molecule has 0 spiro atoms. The second kappa shape index (κ2) is 5.90. The summed E-state index contributed by atoms with van der Waals surface area (Å²) in [4.78, 5) is 13.6. The van der Waals surface area contributed by atoms with Crippen molar-refractivity contribution in [2.75, 3.05) is 19.3 Å². The first kappa shape index (κ1) is 13.0. The van der Waals surface area contributed by atoms with Crippen molar-refractivity contribution in [3.8, 4) is 6.07 Å². The minimum Gasteiger partial charge on any atom is -0.399 e. The summed E-state index contributed by atoms with van der Waals surface area (Å²) in [6.45, 7) is 2.31. The number of hydrogen-bond donors (Lipinski definition) is 1. The first-order valence-electron chi connectivity index (χ1n) is 5.53. The largest absolute Gasteiger partial charge is 0.399 e. The van der Waals surface area contributed by atoms with Crippen LogP contribution in [0.25, 0.3) is 0 Å². The molecule has 1 aromatic carbocycles. The zero-order valence-corrected chi connectivity index (χ0v) is 10.2. The molecule has 1 atom stereocenters. The van der Waals surface area contributed by atoms with E-state index in [9.17, 15) is 4.79 Å². The van der Waals surface area contributed by atoms with Gasteiger partial charge >= 0.3 is 0 Å². The maximum atomic E-state index is 12.0. The van der Waals surface area contributed by atoms with Crippen LogP contribution in [0.2, 0.25) is 0 Å². The topological polar surface area (TPSA) is 70.1 Å². The van der Waals surface area contributed by atoms with Crippen molar-refractivity contribution >= 4 is 11.6 Å². The van der Waals surface area contributed by atoms with E-state index in [1.54, 1.807) is 24.1 Å². The normalized spacial score (nSPS) is 11.6.